The number of nitrogens with zero attached hydrogens (tertiary/aromatic N) is 1. The average Bonchev–Trinajstić information content (AvgIpc) is 3.07. The lowest BCUT2D eigenvalue weighted by atomic mass is 10.2. The topological polar surface area (TPSA) is 77.1 Å². The standard InChI is InChI=1S/C20H22N2O5/c1-25-16-7-4-13(5-8-16)20(24)21-14-10-19(23)22(12-14)15-6-9-17(26-2)18(11-15)27-3/h4-9,11,14H,10,12H2,1-3H3,(H,21,24). The summed E-state index contributed by atoms with van der Waals surface area (Å²) in [6.07, 6.45) is 0.246. The van der Waals surface area contributed by atoms with Crippen LogP contribution in [-0.2, 0) is 4.79 Å². The highest BCUT2D eigenvalue weighted by molar-refractivity contribution is 5.99. The third-order valence-corrected chi connectivity index (χ3v) is 4.49. The van der Waals surface area contributed by atoms with Crippen molar-refractivity contribution in [2.45, 2.75) is 12.5 Å². The number of carbonyl (C=O) groups excluding carboxylic acids is 2. The minimum Gasteiger partial charge on any atom is -0.497 e. The normalized spacial score (nSPS) is 16.2. The molecule has 2 amide bonds. The Morgan fingerprint density at radius 2 is 1.70 bits per heavy atom. The molecular weight excluding hydrogens is 348 g/mol. The molecule has 7 nitrogen and oxygen atoms in total. The van der Waals surface area contributed by atoms with Crippen LogP contribution in [0.3, 0.4) is 0 Å². The predicted molar refractivity (Wildman–Crippen MR) is 101 cm³/mol. The van der Waals surface area contributed by atoms with Gasteiger partial charge in [-0.1, -0.05) is 0 Å². The molecule has 1 atom stereocenters. The van der Waals surface area contributed by atoms with E-state index in [-0.39, 0.29) is 24.3 Å². The second-order valence-corrected chi connectivity index (χ2v) is 6.15. The quantitative estimate of drug-likeness (QED) is 0.844. The lowest BCUT2D eigenvalue weighted by Crippen LogP contribution is -2.37. The van der Waals surface area contributed by atoms with Crippen molar-refractivity contribution >= 4 is 17.5 Å². The summed E-state index contributed by atoms with van der Waals surface area (Å²) < 4.78 is 15.6. The van der Waals surface area contributed by atoms with E-state index in [4.69, 9.17) is 14.2 Å². The first-order valence-corrected chi connectivity index (χ1v) is 8.53. The molecule has 0 spiro atoms. The third-order valence-electron chi connectivity index (χ3n) is 4.49. The number of rotatable bonds is 6. The molecule has 1 fully saturated rings. The van der Waals surface area contributed by atoms with E-state index in [0.717, 1.165) is 0 Å². The van der Waals surface area contributed by atoms with Crippen LogP contribution in [0, 0.1) is 0 Å². The number of hydrogen-bond donors (Lipinski definition) is 1. The molecular formula is C20H22N2O5. The highest BCUT2D eigenvalue weighted by Gasteiger charge is 2.32. The Morgan fingerprint density at radius 3 is 2.33 bits per heavy atom. The fourth-order valence-corrected chi connectivity index (χ4v) is 3.06. The van der Waals surface area contributed by atoms with E-state index in [9.17, 15) is 9.59 Å². The molecule has 0 bridgehead atoms. The molecule has 1 saturated heterocycles. The fourth-order valence-electron chi connectivity index (χ4n) is 3.06. The first-order chi connectivity index (χ1) is 13.0. The molecule has 1 aliphatic heterocycles. The summed E-state index contributed by atoms with van der Waals surface area (Å²) in [6.45, 7) is 0.399. The van der Waals surface area contributed by atoms with Gasteiger partial charge in [-0.05, 0) is 36.4 Å². The fraction of sp³-hybridized carbons (Fsp3) is 0.300. The van der Waals surface area contributed by atoms with Crippen LogP contribution < -0.4 is 24.4 Å². The van der Waals surface area contributed by atoms with Crippen LogP contribution in [0.1, 0.15) is 16.8 Å². The van der Waals surface area contributed by atoms with Gasteiger partial charge in [0, 0.05) is 30.3 Å². The largest absolute Gasteiger partial charge is 0.497 e. The molecule has 0 aliphatic carbocycles. The lowest BCUT2D eigenvalue weighted by Gasteiger charge is -2.19. The summed E-state index contributed by atoms with van der Waals surface area (Å²) in [6, 6.07) is 11.9. The van der Waals surface area contributed by atoms with Crippen molar-refractivity contribution < 1.29 is 23.8 Å². The highest BCUT2D eigenvalue weighted by Crippen LogP contribution is 2.33. The number of ether oxygens (including phenoxy) is 3. The summed E-state index contributed by atoms with van der Waals surface area (Å²) in [5.41, 5.74) is 1.23. The molecule has 1 unspecified atom stereocenters. The molecule has 1 aliphatic rings. The molecule has 2 aromatic carbocycles. The summed E-state index contributed by atoms with van der Waals surface area (Å²) in [4.78, 5) is 26.5. The van der Waals surface area contributed by atoms with E-state index in [1.807, 2.05) is 0 Å². The molecule has 3 rings (SSSR count). The van der Waals surface area contributed by atoms with Gasteiger partial charge in [0.05, 0.1) is 27.4 Å². The van der Waals surface area contributed by atoms with Crippen LogP contribution in [0.4, 0.5) is 5.69 Å². The summed E-state index contributed by atoms with van der Waals surface area (Å²) in [5, 5.41) is 2.92. The summed E-state index contributed by atoms with van der Waals surface area (Å²) in [7, 11) is 4.68. The smallest absolute Gasteiger partial charge is 0.251 e. The maximum Gasteiger partial charge on any atom is 0.251 e. The molecule has 1 heterocycles. The highest BCUT2D eigenvalue weighted by atomic mass is 16.5. The van der Waals surface area contributed by atoms with Gasteiger partial charge in [-0.3, -0.25) is 9.59 Å². The van der Waals surface area contributed by atoms with E-state index >= 15 is 0 Å². The second-order valence-electron chi connectivity index (χ2n) is 6.15. The van der Waals surface area contributed by atoms with E-state index in [1.54, 1.807) is 68.7 Å². The zero-order valence-electron chi connectivity index (χ0n) is 15.5. The van der Waals surface area contributed by atoms with Gasteiger partial charge in [0.15, 0.2) is 11.5 Å². The summed E-state index contributed by atoms with van der Waals surface area (Å²) in [5.74, 6) is 1.56. The SMILES string of the molecule is COc1ccc(C(=O)NC2CC(=O)N(c3ccc(OC)c(OC)c3)C2)cc1. The van der Waals surface area contributed by atoms with Gasteiger partial charge in [-0.2, -0.15) is 0 Å². The third kappa shape index (κ3) is 3.97. The second kappa shape index (κ2) is 7.99. The Balaban J connectivity index is 1.69. The van der Waals surface area contributed by atoms with Gasteiger partial charge in [-0.15, -0.1) is 0 Å². The van der Waals surface area contributed by atoms with Crippen LogP contribution in [0.5, 0.6) is 17.2 Å². The lowest BCUT2D eigenvalue weighted by molar-refractivity contribution is -0.117. The van der Waals surface area contributed by atoms with Crippen molar-refractivity contribution in [3.63, 3.8) is 0 Å². The number of amides is 2. The zero-order valence-corrected chi connectivity index (χ0v) is 15.5. The van der Waals surface area contributed by atoms with Gasteiger partial charge < -0.3 is 24.4 Å². The molecule has 142 valence electrons. The number of methoxy groups -OCH3 is 3. The molecule has 0 aromatic heterocycles. The Kier molecular flexibility index (Phi) is 5.49. The number of anilines is 1. The maximum atomic E-state index is 12.4. The molecule has 0 radical (unpaired) electrons. The molecule has 0 saturated carbocycles. The van der Waals surface area contributed by atoms with Crippen LogP contribution in [-0.4, -0.2) is 45.7 Å². The van der Waals surface area contributed by atoms with Crippen molar-refractivity contribution in [2.75, 3.05) is 32.8 Å². The first kappa shape index (κ1) is 18.6. The van der Waals surface area contributed by atoms with Gasteiger partial charge in [0.25, 0.3) is 5.91 Å². The van der Waals surface area contributed by atoms with Crippen molar-refractivity contribution in [3.05, 3.63) is 48.0 Å². The van der Waals surface area contributed by atoms with E-state index < -0.39 is 0 Å². The maximum absolute atomic E-state index is 12.4. The van der Waals surface area contributed by atoms with Crippen molar-refractivity contribution in [1.29, 1.82) is 0 Å². The Bertz CT molecular complexity index is 835. The molecule has 7 heteroatoms. The Labute approximate surface area is 157 Å². The minimum atomic E-state index is -0.264. The van der Waals surface area contributed by atoms with Crippen LogP contribution in [0.25, 0.3) is 0 Å². The van der Waals surface area contributed by atoms with Crippen LogP contribution in [0.2, 0.25) is 0 Å². The molecule has 1 N–H and O–H groups in total. The molecule has 2 aromatic rings. The van der Waals surface area contributed by atoms with E-state index in [1.165, 1.54) is 0 Å². The number of hydrogen-bond acceptors (Lipinski definition) is 5. The monoisotopic (exact) mass is 370 g/mol. The predicted octanol–water partition coefficient (Wildman–Crippen LogP) is 2.25. The van der Waals surface area contributed by atoms with Gasteiger partial charge >= 0.3 is 0 Å². The van der Waals surface area contributed by atoms with Crippen LogP contribution in [0.15, 0.2) is 42.5 Å². The average molecular weight is 370 g/mol. The van der Waals surface area contributed by atoms with E-state index in [2.05, 4.69) is 5.32 Å². The minimum absolute atomic E-state index is 0.0535. The van der Waals surface area contributed by atoms with Gasteiger partial charge in [-0.25, -0.2) is 0 Å². The number of carbonyl (C=O) groups is 2. The Hall–Kier alpha value is -3.22. The Morgan fingerprint density at radius 1 is 1.00 bits per heavy atom. The first-order valence-electron chi connectivity index (χ1n) is 8.53. The number of nitrogens with one attached hydrogen (secondary N) is 1. The molecule has 27 heavy (non-hydrogen) atoms. The van der Waals surface area contributed by atoms with Gasteiger partial charge in [0.1, 0.15) is 5.75 Å². The summed E-state index contributed by atoms with van der Waals surface area (Å²) >= 11 is 0. The van der Waals surface area contributed by atoms with Crippen molar-refractivity contribution in [1.82, 2.24) is 5.32 Å². The van der Waals surface area contributed by atoms with Crippen LogP contribution >= 0.6 is 0 Å². The van der Waals surface area contributed by atoms with Crippen molar-refractivity contribution in [3.8, 4) is 17.2 Å². The van der Waals surface area contributed by atoms with Gasteiger partial charge in [0.2, 0.25) is 5.91 Å². The van der Waals surface area contributed by atoms with Crippen molar-refractivity contribution in [2.24, 2.45) is 0 Å². The van der Waals surface area contributed by atoms with E-state index in [0.29, 0.717) is 35.0 Å². The number of benzene rings is 2. The zero-order chi connectivity index (χ0) is 19.4.